The van der Waals surface area contributed by atoms with Crippen molar-refractivity contribution in [3.8, 4) is 0 Å². The van der Waals surface area contributed by atoms with Crippen LogP contribution in [0, 0.1) is 5.92 Å². The van der Waals surface area contributed by atoms with Crippen LogP contribution >= 0.6 is 0 Å². The quantitative estimate of drug-likeness (QED) is 0.212. The van der Waals surface area contributed by atoms with Crippen LogP contribution in [0.5, 0.6) is 0 Å². The van der Waals surface area contributed by atoms with Crippen LogP contribution in [0.25, 0.3) is 0 Å². The lowest BCUT2D eigenvalue weighted by molar-refractivity contribution is -0.153. The number of hydrogen-bond donors (Lipinski definition) is 1. The van der Waals surface area contributed by atoms with Gasteiger partial charge in [-0.1, -0.05) is 43.2 Å². The maximum atomic E-state index is 12.0. The van der Waals surface area contributed by atoms with Gasteiger partial charge in [0, 0.05) is 5.57 Å². The molecule has 0 amide bonds. The van der Waals surface area contributed by atoms with E-state index in [1.165, 1.54) is 12.5 Å². The standard InChI is InChI=1S/C22H34O6/c1-7-16(5)10-9-11-17(6)18(8-2)19(21(24)25)14-20(23)27-12-13-28-22(26)15(3)4/h10,19H,3,7-9,11-14H2,1-2,4-6H3,(H,24,25). The number of hydrogen-bond acceptors (Lipinski definition) is 5. The average Bonchev–Trinajstić information content (AvgIpc) is 2.64. The van der Waals surface area contributed by atoms with E-state index in [2.05, 4.69) is 26.5 Å². The summed E-state index contributed by atoms with van der Waals surface area (Å²) in [5.74, 6) is -3.13. The summed E-state index contributed by atoms with van der Waals surface area (Å²) in [6.07, 6.45) is 5.08. The van der Waals surface area contributed by atoms with Crippen LogP contribution in [0.2, 0.25) is 0 Å². The van der Waals surface area contributed by atoms with Crippen molar-refractivity contribution >= 4 is 17.9 Å². The molecule has 0 aliphatic heterocycles. The zero-order valence-corrected chi connectivity index (χ0v) is 17.8. The Morgan fingerprint density at radius 2 is 1.64 bits per heavy atom. The van der Waals surface area contributed by atoms with E-state index in [9.17, 15) is 19.5 Å². The summed E-state index contributed by atoms with van der Waals surface area (Å²) in [4.78, 5) is 35.0. The van der Waals surface area contributed by atoms with Gasteiger partial charge in [0.1, 0.15) is 13.2 Å². The molecule has 0 aromatic rings. The Balaban J connectivity index is 4.85. The predicted molar refractivity (Wildman–Crippen MR) is 109 cm³/mol. The molecule has 0 heterocycles. The minimum absolute atomic E-state index is 0.0895. The zero-order chi connectivity index (χ0) is 21.7. The minimum Gasteiger partial charge on any atom is -0.481 e. The monoisotopic (exact) mass is 394 g/mol. The van der Waals surface area contributed by atoms with Gasteiger partial charge in [0.15, 0.2) is 0 Å². The summed E-state index contributed by atoms with van der Waals surface area (Å²) in [7, 11) is 0. The largest absolute Gasteiger partial charge is 0.481 e. The van der Waals surface area contributed by atoms with Gasteiger partial charge in [-0.25, -0.2) is 4.79 Å². The summed E-state index contributed by atoms with van der Waals surface area (Å²) in [5, 5.41) is 9.60. The third kappa shape index (κ3) is 10.1. The summed E-state index contributed by atoms with van der Waals surface area (Å²) in [6.45, 7) is 12.8. The van der Waals surface area contributed by atoms with E-state index in [0.717, 1.165) is 30.4 Å². The number of carboxylic acid groups (broad SMARTS) is 1. The second kappa shape index (κ2) is 13.7. The maximum Gasteiger partial charge on any atom is 0.333 e. The van der Waals surface area contributed by atoms with Gasteiger partial charge in [-0.05, 0) is 46.5 Å². The molecule has 0 aromatic heterocycles. The predicted octanol–water partition coefficient (Wildman–Crippen LogP) is 4.60. The molecule has 158 valence electrons. The highest BCUT2D eigenvalue weighted by molar-refractivity contribution is 5.87. The molecule has 0 aliphatic carbocycles. The number of rotatable bonds is 13. The molecule has 0 radical (unpaired) electrons. The number of carboxylic acids is 1. The van der Waals surface area contributed by atoms with Gasteiger partial charge in [-0.3, -0.25) is 9.59 Å². The fourth-order valence-electron chi connectivity index (χ4n) is 2.68. The fourth-order valence-corrected chi connectivity index (χ4v) is 2.68. The Labute approximate surface area is 168 Å². The highest BCUT2D eigenvalue weighted by Gasteiger charge is 2.26. The molecule has 0 spiro atoms. The van der Waals surface area contributed by atoms with Gasteiger partial charge in [-0.2, -0.15) is 0 Å². The second-order valence-corrected chi connectivity index (χ2v) is 6.83. The lowest BCUT2D eigenvalue weighted by atomic mass is 9.88. The molecule has 0 bridgehead atoms. The van der Waals surface area contributed by atoms with Crippen LogP contribution in [-0.2, 0) is 23.9 Å². The Kier molecular flexibility index (Phi) is 12.6. The molecule has 6 heteroatoms. The van der Waals surface area contributed by atoms with Crippen molar-refractivity contribution in [3.05, 3.63) is 34.9 Å². The van der Waals surface area contributed by atoms with Crippen LogP contribution in [0.15, 0.2) is 34.9 Å². The van der Waals surface area contributed by atoms with E-state index in [4.69, 9.17) is 9.47 Å². The molecule has 1 unspecified atom stereocenters. The fraction of sp³-hybridized carbons (Fsp3) is 0.591. The molecule has 0 aliphatic rings. The maximum absolute atomic E-state index is 12.0. The smallest absolute Gasteiger partial charge is 0.333 e. The van der Waals surface area contributed by atoms with Crippen molar-refractivity contribution in [3.63, 3.8) is 0 Å². The van der Waals surface area contributed by atoms with Crippen molar-refractivity contribution in [2.75, 3.05) is 13.2 Å². The molecular weight excluding hydrogens is 360 g/mol. The SMILES string of the molecule is C=C(C)C(=O)OCCOC(=O)CC(C(=O)O)C(CC)=C(C)CCC=C(C)CC. The van der Waals surface area contributed by atoms with Gasteiger partial charge in [0.2, 0.25) is 0 Å². The topological polar surface area (TPSA) is 89.9 Å². The Hall–Kier alpha value is -2.37. The van der Waals surface area contributed by atoms with Crippen molar-refractivity contribution < 1.29 is 29.0 Å². The van der Waals surface area contributed by atoms with E-state index in [-0.39, 0.29) is 25.2 Å². The molecule has 0 saturated carbocycles. The van der Waals surface area contributed by atoms with Crippen LogP contribution in [-0.4, -0.2) is 36.2 Å². The molecule has 0 rings (SSSR count). The Bertz CT molecular complexity index is 627. The van der Waals surface area contributed by atoms with Crippen LogP contribution in [0.1, 0.15) is 66.7 Å². The van der Waals surface area contributed by atoms with Gasteiger partial charge < -0.3 is 14.6 Å². The van der Waals surface area contributed by atoms with Gasteiger partial charge in [0.25, 0.3) is 0 Å². The highest BCUT2D eigenvalue weighted by atomic mass is 16.6. The molecular formula is C22H34O6. The Morgan fingerprint density at radius 3 is 2.14 bits per heavy atom. The molecule has 6 nitrogen and oxygen atoms in total. The first kappa shape index (κ1) is 25.6. The number of esters is 2. The molecule has 0 saturated heterocycles. The van der Waals surface area contributed by atoms with Crippen molar-refractivity contribution in [2.24, 2.45) is 5.92 Å². The third-order valence-corrected chi connectivity index (χ3v) is 4.52. The summed E-state index contributed by atoms with van der Waals surface area (Å²) in [6, 6.07) is 0. The molecule has 0 aromatic carbocycles. The van der Waals surface area contributed by atoms with E-state index in [1.54, 1.807) is 0 Å². The van der Waals surface area contributed by atoms with Crippen LogP contribution < -0.4 is 0 Å². The first-order chi connectivity index (χ1) is 13.1. The second-order valence-electron chi connectivity index (χ2n) is 6.83. The molecule has 1 N–H and O–H groups in total. The van der Waals surface area contributed by atoms with Crippen LogP contribution in [0.3, 0.4) is 0 Å². The van der Waals surface area contributed by atoms with Crippen LogP contribution in [0.4, 0.5) is 0 Å². The lowest BCUT2D eigenvalue weighted by Gasteiger charge is -2.18. The van der Waals surface area contributed by atoms with Gasteiger partial charge in [-0.15, -0.1) is 0 Å². The molecule has 0 fully saturated rings. The van der Waals surface area contributed by atoms with E-state index >= 15 is 0 Å². The van der Waals surface area contributed by atoms with E-state index < -0.39 is 23.8 Å². The Morgan fingerprint density at radius 1 is 1.04 bits per heavy atom. The number of ether oxygens (including phenoxy) is 2. The summed E-state index contributed by atoms with van der Waals surface area (Å²) in [5.41, 5.74) is 3.32. The number of carbonyl (C=O) groups excluding carboxylic acids is 2. The summed E-state index contributed by atoms with van der Waals surface area (Å²) < 4.78 is 9.85. The van der Waals surface area contributed by atoms with Gasteiger partial charge in [0.05, 0.1) is 12.3 Å². The molecule has 28 heavy (non-hydrogen) atoms. The zero-order valence-electron chi connectivity index (χ0n) is 17.8. The molecule has 1 atom stereocenters. The van der Waals surface area contributed by atoms with Crippen molar-refractivity contribution in [2.45, 2.75) is 66.7 Å². The van der Waals surface area contributed by atoms with Crippen molar-refractivity contribution in [1.82, 2.24) is 0 Å². The number of allylic oxidation sites excluding steroid dienone is 3. The minimum atomic E-state index is -1.04. The van der Waals surface area contributed by atoms with Gasteiger partial charge >= 0.3 is 17.9 Å². The average molecular weight is 395 g/mol. The van der Waals surface area contributed by atoms with E-state index in [0.29, 0.717) is 6.42 Å². The van der Waals surface area contributed by atoms with E-state index in [1.807, 2.05) is 13.8 Å². The normalized spacial score (nSPS) is 13.4. The summed E-state index contributed by atoms with van der Waals surface area (Å²) >= 11 is 0. The lowest BCUT2D eigenvalue weighted by Crippen LogP contribution is -2.23. The first-order valence-electron chi connectivity index (χ1n) is 9.69. The highest BCUT2D eigenvalue weighted by Crippen LogP contribution is 2.26. The first-order valence-corrected chi connectivity index (χ1v) is 9.69. The number of aliphatic carboxylic acids is 1. The third-order valence-electron chi connectivity index (χ3n) is 4.52. The van der Waals surface area contributed by atoms with Crippen molar-refractivity contribution in [1.29, 1.82) is 0 Å². The number of carbonyl (C=O) groups is 3.